The third-order valence-corrected chi connectivity index (χ3v) is 27.7. The lowest BCUT2D eigenvalue weighted by Crippen LogP contribution is -1.87. The van der Waals surface area contributed by atoms with Gasteiger partial charge in [-0.25, -0.2) is 0 Å². The standard InChI is InChI=1S/C24H24O2S16/c25-23-39-17-18(40-23)32-10-2-6-28-14-13(27-5-1-9-31-17)35-21(36-14)22-37-15-16(38-22)30-8-4-12-34-20-19(41-24(26)42-20)33-11-3-7-29-15/h1-12H2. The average Bonchev–Trinajstić information content (AvgIpc) is 3.73. The minimum atomic E-state index is 0.238. The molecule has 2 aromatic heterocycles. The normalized spacial score (nSPS) is 22.3. The minimum Gasteiger partial charge on any atom is -0.265 e. The third-order valence-electron chi connectivity index (χ3n) is 5.30. The van der Waals surface area contributed by atoms with E-state index in [0.29, 0.717) is 0 Å². The van der Waals surface area contributed by atoms with Gasteiger partial charge in [-0.05, 0) is 71.7 Å². The molecule has 228 valence electrons. The second-order valence-electron chi connectivity index (χ2n) is 8.39. The summed E-state index contributed by atoms with van der Waals surface area (Å²) in [6, 6.07) is 0. The van der Waals surface area contributed by atoms with Gasteiger partial charge in [-0.1, -0.05) is 92.4 Å². The maximum Gasteiger partial charge on any atom is 0.289 e. The summed E-state index contributed by atoms with van der Waals surface area (Å²) < 4.78 is 14.4. The van der Waals surface area contributed by atoms with E-state index in [-0.39, 0.29) is 8.11 Å². The number of hydrogen-bond acceptors (Lipinski definition) is 18. The second-order valence-corrected chi connectivity index (χ2v) is 28.4. The van der Waals surface area contributed by atoms with Crippen molar-refractivity contribution in [2.75, 3.05) is 46.0 Å². The van der Waals surface area contributed by atoms with Crippen molar-refractivity contribution in [2.45, 2.75) is 42.5 Å². The van der Waals surface area contributed by atoms with Crippen molar-refractivity contribution in [1.82, 2.24) is 0 Å². The van der Waals surface area contributed by atoms with Crippen LogP contribution in [-0.4, -0.2) is 46.0 Å². The molecule has 0 bridgehead atoms. The highest BCUT2D eigenvalue weighted by Gasteiger charge is 2.31. The Bertz CT molecular complexity index is 1250. The predicted octanol–water partition coefficient (Wildman–Crippen LogP) is 12.6. The van der Waals surface area contributed by atoms with Gasteiger partial charge in [0.15, 0.2) is 0 Å². The number of thioether (sulfide) groups is 12. The Morgan fingerprint density at radius 2 is 0.548 bits per heavy atom. The molecule has 0 radical (unpaired) electrons. The third kappa shape index (κ3) is 10.1. The van der Waals surface area contributed by atoms with Crippen LogP contribution in [-0.2, 0) is 0 Å². The van der Waals surface area contributed by atoms with Gasteiger partial charge in [0.25, 0.3) is 8.11 Å². The first-order valence-corrected chi connectivity index (χ1v) is 27.3. The molecule has 0 spiro atoms. The van der Waals surface area contributed by atoms with Gasteiger partial charge in [-0.15, -0.1) is 94.1 Å². The Kier molecular flexibility index (Phi) is 15.2. The second kappa shape index (κ2) is 18.2. The zero-order valence-corrected chi connectivity index (χ0v) is 34.9. The average molecular weight is 858 g/mol. The molecule has 0 amide bonds. The van der Waals surface area contributed by atoms with Crippen LogP contribution in [0.3, 0.4) is 0 Å². The van der Waals surface area contributed by atoms with Crippen molar-refractivity contribution < 1.29 is 0 Å². The molecule has 0 aromatic carbocycles. The molecule has 6 rings (SSSR count). The van der Waals surface area contributed by atoms with Gasteiger partial charge in [-0.2, -0.15) is 0 Å². The fraction of sp³-hybridized carbons (Fsp3) is 0.500. The zero-order chi connectivity index (χ0) is 28.7. The van der Waals surface area contributed by atoms with Crippen LogP contribution in [0.1, 0.15) is 25.7 Å². The van der Waals surface area contributed by atoms with Gasteiger partial charge in [0, 0.05) is 0 Å². The SMILES string of the molecule is O=c1sc2c(s1)SCCCSC1=C(SCCCS2)SC(=C2SC3=C(SCCCSc4sc(=O)sc4SCCCS3)S2)S1. The predicted molar refractivity (Wildman–Crippen MR) is 220 cm³/mol. The Labute approximate surface area is 313 Å². The summed E-state index contributed by atoms with van der Waals surface area (Å²) in [6.45, 7) is 0. The zero-order valence-electron chi connectivity index (χ0n) is 21.8. The summed E-state index contributed by atoms with van der Waals surface area (Å²) in [7, 11) is 0. The Hall–Kier alpha value is 3.12. The van der Waals surface area contributed by atoms with E-state index >= 15 is 0 Å². The molecule has 0 saturated carbocycles. The molecular formula is C24H24O2S16. The van der Waals surface area contributed by atoms with E-state index in [1.54, 1.807) is 0 Å². The molecule has 4 aliphatic rings. The molecule has 0 fully saturated rings. The van der Waals surface area contributed by atoms with Crippen LogP contribution in [0.25, 0.3) is 0 Å². The van der Waals surface area contributed by atoms with Crippen molar-refractivity contribution in [3.05, 3.63) is 43.1 Å². The highest BCUT2D eigenvalue weighted by Crippen LogP contribution is 2.66. The first kappa shape index (κ1) is 35.0. The molecular weight excluding hydrogens is 833 g/mol. The fourth-order valence-corrected chi connectivity index (χ4v) is 26.8. The Balaban J connectivity index is 1.07. The van der Waals surface area contributed by atoms with Gasteiger partial charge in [0.1, 0.15) is 0 Å². The van der Waals surface area contributed by atoms with Gasteiger partial charge in [0.05, 0.1) is 42.3 Å². The van der Waals surface area contributed by atoms with Gasteiger partial charge < -0.3 is 0 Å². The molecule has 2 aromatic rings. The summed E-state index contributed by atoms with van der Waals surface area (Å²) >= 11 is 29.5. The molecule has 0 aliphatic carbocycles. The molecule has 6 heterocycles. The molecule has 18 heteroatoms. The summed E-state index contributed by atoms with van der Waals surface area (Å²) in [5, 5.41) is 0. The minimum absolute atomic E-state index is 0.238. The van der Waals surface area contributed by atoms with Gasteiger partial charge in [0.2, 0.25) is 0 Å². The van der Waals surface area contributed by atoms with Crippen LogP contribution < -0.4 is 8.11 Å². The lowest BCUT2D eigenvalue weighted by Gasteiger charge is -2.07. The summed E-state index contributed by atoms with van der Waals surface area (Å²) in [5.74, 6) is 8.84. The van der Waals surface area contributed by atoms with Crippen molar-refractivity contribution >= 4 is 186 Å². The maximum absolute atomic E-state index is 12.0. The van der Waals surface area contributed by atoms with E-state index in [0.717, 1.165) is 71.7 Å². The van der Waals surface area contributed by atoms with Crippen LogP contribution in [0.5, 0.6) is 0 Å². The van der Waals surface area contributed by atoms with Crippen LogP contribution in [0.4, 0.5) is 0 Å². The summed E-state index contributed by atoms with van der Waals surface area (Å²) in [5.41, 5.74) is 0. The Morgan fingerprint density at radius 1 is 0.310 bits per heavy atom. The van der Waals surface area contributed by atoms with E-state index in [4.69, 9.17) is 0 Å². The highest BCUT2D eigenvalue weighted by atomic mass is 32.3. The van der Waals surface area contributed by atoms with Crippen LogP contribution in [0.15, 0.2) is 51.8 Å². The van der Waals surface area contributed by atoms with Crippen LogP contribution in [0.2, 0.25) is 0 Å². The lowest BCUT2D eigenvalue weighted by molar-refractivity contribution is 1.12. The van der Waals surface area contributed by atoms with Crippen LogP contribution in [0, 0.1) is 0 Å². The molecule has 0 saturated heterocycles. The quantitative estimate of drug-likeness (QED) is 0.252. The van der Waals surface area contributed by atoms with E-state index in [9.17, 15) is 9.59 Å². The summed E-state index contributed by atoms with van der Waals surface area (Å²) in [6.07, 6.45) is 4.63. The first-order chi connectivity index (χ1) is 20.6. The largest absolute Gasteiger partial charge is 0.289 e. The van der Waals surface area contributed by atoms with E-state index in [1.165, 1.54) is 87.6 Å². The number of rotatable bonds is 0. The molecule has 0 unspecified atom stereocenters. The van der Waals surface area contributed by atoms with E-state index in [2.05, 4.69) is 0 Å². The van der Waals surface area contributed by atoms with Crippen molar-refractivity contribution in [2.24, 2.45) is 0 Å². The van der Waals surface area contributed by atoms with Gasteiger partial charge in [-0.3, -0.25) is 9.59 Å². The molecule has 0 N–H and O–H groups in total. The van der Waals surface area contributed by atoms with Crippen molar-refractivity contribution in [3.63, 3.8) is 0 Å². The molecule has 4 aliphatic heterocycles. The molecule has 2 nitrogen and oxygen atoms in total. The maximum atomic E-state index is 12.0. The Morgan fingerprint density at radius 3 is 0.810 bits per heavy atom. The monoisotopic (exact) mass is 856 g/mol. The number of fused-ring (bicyclic) bond motifs is 2. The van der Waals surface area contributed by atoms with Crippen LogP contribution >= 0.6 is 186 Å². The fourth-order valence-electron chi connectivity index (χ4n) is 3.48. The van der Waals surface area contributed by atoms with Crippen molar-refractivity contribution in [1.29, 1.82) is 0 Å². The van der Waals surface area contributed by atoms with Gasteiger partial charge >= 0.3 is 0 Å². The van der Waals surface area contributed by atoms with Crippen molar-refractivity contribution in [3.8, 4) is 0 Å². The number of hydrogen-bond donors (Lipinski definition) is 0. The topological polar surface area (TPSA) is 34.1 Å². The van der Waals surface area contributed by atoms with E-state index < -0.39 is 0 Å². The highest BCUT2D eigenvalue weighted by molar-refractivity contribution is 8.45. The smallest absolute Gasteiger partial charge is 0.265 e. The lowest BCUT2D eigenvalue weighted by atomic mass is 10.6. The molecule has 0 atom stereocenters. The molecule has 42 heavy (non-hydrogen) atoms. The first-order valence-electron chi connectivity index (χ1n) is 12.9. The van der Waals surface area contributed by atoms with E-state index in [1.807, 2.05) is 141 Å². The summed E-state index contributed by atoms with van der Waals surface area (Å²) in [4.78, 5) is 24.0.